The maximum atomic E-state index is 13.5. The van der Waals surface area contributed by atoms with Gasteiger partial charge in [-0.25, -0.2) is 18.4 Å². The van der Waals surface area contributed by atoms with Crippen molar-refractivity contribution < 1.29 is 13.6 Å². The van der Waals surface area contributed by atoms with Crippen LogP contribution in [0.5, 0.6) is 0 Å². The Hall–Kier alpha value is -3.09. The van der Waals surface area contributed by atoms with Crippen molar-refractivity contribution in [2.24, 2.45) is 0 Å². The molecule has 0 saturated heterocycles. The fourth-order valence-corrected chi connectivity index (χ4v) is 2.07. The number of anilines is 1. The van der Waals surface area contributed by atoms with E-state index in [0.29, 0.717) is 12.1 Å². The predicted octanol–water partition coefficient (Wildman–Crippen LogP) is 2.86. The Balaban J connectivity index is 1.73. The van der Waals surface area contributed by atoms with Crippen LogP contribution < -0.4 is 5.32 Å². The third-order valence-corrected chi connectivity index (χ3v) is 3.23. The maximum Gasteiger partial charge on any atom is 0.255 e. The summed E-state index contributed by atoms with van der Waals surface area (Å²) in [5.74, 6) is -2.22. The molecule has 0 radical (unpaired) electrons. The van der Waals surface area contributed by atoms with Gasteiger partial charge >= 0.3 is 0 Å². The first-order valence-corrected chi connectivity index (χ1v) is 6.80. The van der Waals surface area contributed by atoms with Crippen LogP contribution in [0.25, 0.3) is 0 Å². The Labute approximate surface area is 130 Å². The van der Waals surface area contributed by atoms with Gasteiger partial charge in [0.1, 0.15) is 30.0 Å². The number of nitrogens with one attached hydrogen (secondary N) is 1. The predicted molar refractivity (Wildman–Crippen MR) is 79.9 cm³/mol. The van der Waals surface area contributed by atoms with Gasteiger partial charge in [-0.2, -0.15) is 5.10 Å². The molecule has 0 aliphatic carbocycles. The van der Waals surface area contributed by atoms with E-state index in [4.69, 9.17) is 0 Å². The zero-order valence-corrected chi connectivity index (χ0v) is 11.9. The zero-order valence-electron chi connectivity index (χ0n) is 11.9. The molecule has 2 aromatic carbocycles. The number of carbonyl (C=O) groups excluding carboxylic acids is 1. The van der Waals surface area contributed by atoms with E-state index in [0.717, 1.165) is 17.7 Å². The fourth-order valence-electron chi connectivity index (χ4n) is 2.07. The first-order valence-electron chi connectivity index (χ1n) is 6.80. The van der Waals surface area contributed by atoms with Gasteiger partial charge in [-0.05, 0) is 29.8 Å². The highest BCUT2D eigenvalue weighted by atomic mass is 19.1. The van der Waals surface area contributed by atoms with Crippen molar-refractivity contribution in [3.8, 4) is 0 Å². The summed E-state index contributed by atoms with van der Waals surface area (Å²) in [6.07, 6.45) is 3.02. The van der Waals surface area contributed by atoms with Crippen LogP contribution in [0.4, 0.5) is 14.5 Å². The van der Waals surface area contributed by atoms with E-state index >= 15 is 0 Å². The molecule has 0 aliphatic heterocycles. The SMILES string of the molecule is O=C(Nc1c(F)cccc1F)c1ccc(Cn2cncn2)cc1. The van der Waals surface area contributed by atoms with Gasteiger partial charge in [0, 0.05) is 5.56 Å². The van der Waals surface area contributed by atoms with Crippen molar-refractivity contribution in [1.29, 1.82) is 0 Å². The van der Waals surface area contributed by atoms with Gasteiger partial charge in [-0.3, -0.25) is 4.79 Å². The lowest BCUT2D eigenvalue weighted by molar-refractivity contribution is 0.102. The van der Waals surface area contributed by atoms with Crippen LogP contribution in [0.1, 0.15) is 15.9 Å². The van der Waals surface area contributed by atoms with Crippen LogP contribution in [0.3, 0.4) is 0 Å². The van der Waals surface area contributed by atoms with E-state index in [-0.39, 0.29) is 0 Å². The first-order chi connectivity index (χ1) is 11.1. The Morgan fingerprint density at radius 3 is 2.39 bits per heavy atom. The lowest BCUT2D eigenvalue weighted by Crippen LogP contribution is -2.14. The highest BCUT2D eigenvalue weighted by molar-refractivity contribution is 6.04. The number of para-hydroxylation sites is 1. The average Bonchev–Trinajstić information content (AvgIpc) is 3.04. The lowest BCUT2D eigenvalue weighted by atomic mass is 10.1. The summed E-state index contributed by atoms with van der Waals surface area (Å²) in [5, 5.41) is 6.23. The van der Waals surface area contributed by atoms with E-state index in [9.17, 15) is 13.6 Å². The van der Waals surface area contributed by atoms with Crippen molar-refractivity contribution >= 4 is 11.6 Å². The number of hydrogen-bond donors (Lipinski definition) is 1. The minimum absolute atomic E-state index is 0.301. The molecule has 1 amide bonds. The van der Waals surface area contributed by atoms with Crippen molar-refractivity contribution in [1.82, 2.24) is 14.8 Å². The number of aromatic nitrogens is 3. The molecule has 116 valence electrons. The third kappa shape index (κ3) is 3.39. The highest BCUT2D eigenvalue weighted by Crippen LogP contribution is 2.19. The van der Waals surface area contributed by atoms with E-state index < -0.39 is 23.2 Å². The number of benzene rings is 2. The van der Waals surface area contributed by atoms with Crippen LogP contribution in [0, 0.1) is 11.6 Å². The summed E-state index contributed by atoms with van der Waals surface area (Å²) >= 11 is 0. The molecular weight excluding hydrogens is 302 g/mol. The molecular formula is C16H12F2N4O. The van der Waals surface area contributed by atoms with Gasteiger partial charge in [0.15, 0.2) is 0 Å². The van der Waals surface area contributed by atoms with Gasteiger partial charge in [0.2, 0.25) is 0 Å². The fraction of sp³-hybridized carbons (Fsp3) is 0.0625. The second-order valence-corrected chi connectivity index (χ2v) is 4.84. The average molecular weight is 314 g/mol. The normalized spacial score (nSPS) is 10.5. The standard InChI is InChI=1S/C16H12F2N4O/c17-13-2-1-3-14(18)15(13)21-16(23)12-6-4-11(5-7-12)8-22-10-19-9-20-22/h1-7,9-10H,8H2,(H,21,23). The largest absolute Gasteiger partial charge is 0.317 e. The molecule has 23 heavy (non-hydrogen) atoms. The van der Waals surface area contributed by atoms with Crippen LogP contribution in [-0.4, -0.2) is 20.7 Å². The van der Waals surface area contributed by atoms with E-state index in [2.05, 4.69) is 15.4 Å². The van der Waals surface area contributed by atoms with Crippen LogP contribution in [-0.2, 0) is 6.54 Å². The molecule has 1 heterocycles. The van der Waals surface area contributed by atoms with Gasteiger partial charge in [-0.1, -0.05) is 18.2 Å². The minimum Gasteiger partial charge on any atom is -0.317 e. The van der Waals surface area contributed by atoms with Crippen LogP contribution in [0.15, 0.2) is 55.1 Å². The molecule has 0 unspecified atom stereocenters. The number of halogens is 2. The van der Waals surface area contributed by atoms with Crippen LogP contribution >= 0.6 is 0 Å². The quantitative estimate of drug-likeness (QED) is 0.805. The third-order valence-electron chi connectivity index (χ3n) is 3.23. The second kappa shape index (κ2) is 6.35. The van der Waals surface area contributed by atoms with E-state index in [1.54, 1.807) is 35.3 Å². The molecule has 1 N–H and O–H groups in total. The Bertz CT molecular complexity index is 796. The molecule has 5 nitrogen and oxygen atoms in total. The molecule has 7 heteroatoms. The molecule has 1 aromatic heterocycles. The summed E-state index contributed by atoms with van der Waals surface area (Å²) in [6, 6.07) is 10.1. The molecule has 0 saturated carbocycles. The Morgan fingerprint density at radius 2 is 1.78 bits per heavy atom. The number of rotatable bonds is 4. The zero-order chi connectivity index (χ0) is 16.2. The molecule has 0 aliphatic rings. The first kappa shape index (κ1) is 14.8. The lowest BCUT2D eigenvalue weighted by Gasteiger charge is -2.08. The molecule has 0 fully saturated rings. The smallest absolute Gasteiger partial charge is 0.255 e. The van der Waals surface area contributed by atoms with Gasteiger partial charge in [0.05, 0.1) is 6.54 Å². The van der Waals surface area contributed by atoms with E-state index in [1.165, 1.54) is 12.4 Å². The molecule has 0 spiro atoms. The minimum atomic E-state index is -0.818. The number of hydrogen-bond acceptors (Lipinski definition) is 3. The van der Waals surface area contributed by atoms with Gasteiger partial charge in [-0.15, -0.1) is 0 Å². The Morgan fingerprint density at radius 1 is 1.09 bits per heavy atom. The number of amides is 1. The summed E-state index contributed by atoms with van der Waals surface area (Å²) < 4.78 is 28.7. The van der Waals surface area contributed by atoms with Crippen molar-refractivity contribution in [2.75, 3.05) is 5.32 Å². The van der Waals surface area contributed by atoms with Crippen molar-refractivity contribution in [3.05, 3.63) is 77.9 Å². The number of nitrogens with zero attached hydrogens (tertiary/aromatic N) is 3. The summed E-state index contributed by atoms with van der Waals surface area (Å²) in [5.41, 5.74) is 0.767. The molecule has 0 bridgehead atoms. The van der Waals surface area contributed by atoms with E-state index in [1.807, 2.05) is 0 Å². The highest BCUT2D eigenvalue weighted by Gasteiger charge is 2.13. The maximum absolute atomic E-state index is 13.5. The van der Waals surface area contributed by atoms with Crippen molar-refractivity contribution in [3.63, 3.8) is 0 Å². The molecule has 3 rings (SSSR count). The van der Waals surface area contributed by atoms with Crippen LogP contribution in [0.2, 0.25) is 0 Å². The molecule has 3 aromatic rings. The van der Waals surface area contributed by atoms with Gasteiger partial charge in [0.25, 0.3) is 5.91 Å². The van der Waals surface area contributed by atoms with Crippen molar-refractivity contribution in [2.45, 2.75) is 6.54 Å². The summed E-state index contributed by atoms with van der Waals surface area (Å²) in [7, 11) is 0. The molecule has 0 atom stereocenters. The monoisotopic (exact) mass is 314 g/mol. The Kier molecular flexibility index (Phi) is 4.09. The summed E-state index contributed by atoms with van der Waals surface area (Å²) in [4.78, 5) is 15.9. The topological polar surface area (TPSA) is 59.8 Å². The second-order valence-electron chi connectivity index (χ2n) is 4.84. The summed E-state index contributed by atoms with van der Waals surface area (Å²) in [6.45, 7) is 0.518. The number of carbonyl (C=O) groups is 1. The van der Waals surface area contributed by atoms with Gasteiger partial charge < -0.3 is 5.32 Å².